The summed E-state index contributed by atoms with van der Waals surface area (Å²) in [5.41, 5.74) is 14.1. The lowest BCUT2D eigenvalue weighted by atomic mass is 10.2. The maximum atomic E-state index is 13.2. The molecule has 12 N–H and O–H groups in total. The number of amides is 4. The van der Waals surface area contributed by atoms with Crippen molar-refractivity contribution in [1.82, 2.24) is 60.3 Å². The molecule has 23 nitrogen and oxygen atoms in total. The van der Waals surface area contributed by atoms with Gasteiger partial charge in [0, 0.05) is 51.1 Å². The summed E-state index contributed by atoms with van der Waals surface area (Å²) >= 11 is 0. The molecule has 4 aromatic heterocycles. The second kappa shape index (κ2) is 15.6. The number of anilines is 4. The second-order valence-electron chi connectivity index (χ2n) is 15.6. The van der Waals surface area contributed by atoms with Crippen LogP contribution in [0.25, 0.3) is 22.3 Å². The Hall–Kier alpha value is -5.65. The number of hydrogen-bond acceptors (Lipinski definition) is 17. The highest BCUT2D eigenvalue weighted by atomic mass is 16.3. The highest BCUT2D eigenvalue weighted by Gasteiger charge is 2.45. The molecule has 0 aromatic carbocycles. The van der Waals surface area contributed by atoms with Gasteiger partial charge in [-0.05, 0) is 25.7 Å². The average Bonchev–Trinajstić information content (AvgIpc) is 4.07. The van der Waals surface area contributed by atoms with Gasteiger partial charge in [0.15, 0.2) is 22.9 Å². The number of urea groups is 1. The van der Waals surface area contributed by atoms with Crippen molar-refractivity contribution in [2.75, 3.05) is 47.4 Å². The second-order valence-corrected chi connectivity index (χ2v) is 15.6. The lowest BCUT2D eigenvalue weighted by molar-refractivity contribution is -0.123. The Morgan fingerprint density at radius 2 is 1.07 bits per heavy atom. The molecule has 23 heteroatoms. The molecule has 58 heavy (non-hydrogen) atoms. The van der Waals surface area contributed by atoms with E-state index in [0.717, 1.165) is 0 Å². The summed E-state index contributed by atoms with van der Waals surface area (Å²) in [5.74, 6) is 0.529. The summed E-state index contributed by atoms with van der Waals surface area (Å²) in [7, 11) is 0. The molecular weight excluding hydrogens is 756 g/mol. The highest BCUT2D eigenvalue weighted by molar-refractivity contribution is 5.84. The summed E-state index contributed by atoms with van der Waals surface area (Å²) in [6, 6.07) is -3.27. The fraction of sp³-hybridized carbons (Fsp3) is 0.629. The quantitative estimate of drug-likeness (QED) is 0.0786. The van der Waals surface area contributed by atoms with Crippen molar-refractivity contribution in [2.45, 2.75) is 113 Å². The smallest absolute Gasteiger partial charge is 0.315 e. The Labute approximate surface area is 331 Å². The van der Waals surface area contributed by atoms with Gasteiger partial charge < -0.3 is 72.1 Å². The fourth-order valence-corrected chi connectivity index (χ4v) is 8.62. The van der Waals surface area contributed by atoms with Gasteiger partial charge in [-0.25, -0.2) is 14.8 Å². The minimum Gasteiger partial charge on any atom is -0.388 e. The number of imidazole rings is 2. The third kappa shape index (κ3) is 7.22. The van der Waals surface area contributed by atoms with Crippen LogP contribution in [0.4, 0.5) is 28.3 Å². The standard InChI is InChI=1S/C35H50N16O7/c1-3-21(52)42-17-9-19(27(56)25(17)54)50-13-38-23-29(36)44-33(46-31(23)50)48-7-5-15(11-48)40-35(58)41-16-6-8-49(12-16)34-45-30(37)24-32(47-34)51(14-39-24)20-10-18(26(55)28(20)57)43-22(53)4-2/h13-20,25-28,54-57H,3-12H2,1-2H3,(H,42,52)(H,43,53)(H2,36,44,46)(H2,37,45,47)(H2,40,41,58)/t15-,16-,17?,18?,19?,20?,25?,26?,27?,28?/m1/s1. The van der Waals surface area contributed by atoms with Crippen LogP contribution < -0.4 is 42.5 Å². The van der Waals surface area contributed by atoms with Gasteiger partial charge in [0.25, 0.3) is 0 Å². The van der Waals surface area contributed by atoms with E-state index in [2.05, 4.69) is 41.2 Å². The lowest BCUT2D eigenvalue weighted by Gasteiger charge is -2.21. The molecule has 8 rings (SSSR count). The number of nitrogens with two attached hydrogens (primary N) is 2. The van der Waals surface area contributed by atoms with E-state index in [1.807, 2.05) is 9.80 Å². The van der Waals surface area contributed by atoms with Gasteiger partial charge in [0.2, 0.25) is 23.7 Å². The normalized spacial score (nSPS) is 29.8. The van der Waals surface area contributed by atoms with Crippen LogP contribution in [-0.4, -0.2) is 152 Å². The average molecular weight is 807 g/mol. The number of carbonyl (C=O) groups is 3. The van der Waals surface area contributed by atoms with E-state index in [0.29, 0.717) is 73.2 Å². The van der Waals surface area contributed by atoms with Crippen LogP contribution >= 0.6 is 0 Å². The Balaban J connectivity index is 0.883. The van der Waals surface area contributed by atoms with E-state index < -0.39 is 48.6 Å². The first kappa shape index (κ1) is 39.2. The van der Waals surface area contributed by atoms with Gasteiger partial charge >= 0.3 is 6.03 Å². The molecule has 2 aliphatic carbocycles. The molecule has 4 amide bonds. The van der Waals surface area contributed by atoms with Gasteiger partial charge in [-0.1, -0.05) is 13.8 Å². The molecule has 6 heterocycles. The van der Waals surface area contributed by atoms with E-state index in [1.54, 1.807) is 23.0 Å². The van der Waals surface area contributed by atoms with Crippen LogP contribution in [-0.2, 0) is 9.59 Å². The largest absolute Gasteiger partial charge is 0.388 e. The summed E-state index contributed by atoms with van der Waals surface area (Å²) in [5, 5.41) is 54.8. The van der Waals surface area contributed by atoms with Crippen LogP contribution in [0.3, 0.4) is 0 Å². The van der Waals surface area contributed by atoms with E-state index in [4.69, 9.17) is 21.4 Å². The molecule has 2 saturated heterocycles. The van der Waals surface area contributed by atoms with E-state index in [-0.39, 0.29) is 67.2 Å². The number of aliphatic hydroxyl groups excluding tert-OH is 4. The van der Waals surface area contributed by atoms with Crippen LogP contribution in [0.1, 0.15) is 64.5 Å². The monoisotopic (exact) mass is 806 g/mol. The Bertz CT molecular complexity index is 2050. The molecule has 2 saturated carbocycles. The number of aliphatic hydroxyl groups is 4. The molecule has 312 valence electrons. The third-order valence-electron chi connectivity index (χ3n) is 11.8. The van der Waals surface area contributed by atoms with Crippen molar-refractivity contribution < 1.29 is 34.8 Å². The van der Waals surface area contributed by atoms with Crippen LogP contribution in [0.5, 0.6) is 0 Å². The first-order chi connectivity index (χ1) is 27.8. The maximum absolute atomic E-state index is 13.2. The molecule has 10 atom stereocenters. The molecule has 0 bridgehead atoms. The minimum atomic E-state index is -1.17. The van der Waals surface area contributed by atoms with Crippen molar-refractivity contribution >= 4 is 63.7 Å². The molecule has 8 unspecified atom stereocenters. The number of hydrogen-bond donors (Lipinski definition) is 10. The molecule has 0 radical (unpaired) electrons. The fourth-order valence-electron chi connectivity index (χ4n) is 8.62. The SMILES string of the molecule is CCC(=O)NC1CC(n2cnc3c(N)nc(N4CC[C@@H](NC(=O)N[C@@H]5CCN(c6nc(N)c7ncn(C8CC(NC(=O)CC)C(O)C8O)c7n6)C5)C4)nc32)C(O)C1O. The first-order valence-corrected chi connectivity index (χ1v) is 19.7. The molecule has 4 aromatic rings. The summed E-state index contributed by atoms with van der Waals surface area (Å²) in [6.45, 7) is 5.34. The van der Waals surface area contributed by atoms with E-state index in [1.165, 1.54) is 12.7 Å². The lowest BCUT2D eigenvalue weighted by Crippen LogP contribution is -2.48. The number of aromatic nitrogens is 8. The van der Waals surface area contributed by atoms with Crippen LogP contribution in [0, 0.1) is 0 Å². The minimum absolute atomic E-state index is 0.151. The van der Waals surface area contributed by atoms with Gasteiger partial charge in [-0.3, -0.25) is 9.59 Å². The van der Waals surface area contributed by atoms with Crippen molar-refractivity contribution in [3.63, 3.8) is 0 Å². The predicted octanol–water partition coefficient (Wildman–Crippen LogP) is -2.59. The number of nitrogens with zero attached hydrogens (tertiary/aromatic N) is 10. The molecule has 2 aliphatic heterocycles. The molecular formula is C35H50N16O7. The van der Waals surface area contributed by atoms with Crippen molar-refractivity contribution in [3.05, 3.63) is 12.7 Å². The number of carbonyl (C=O) groups excluding carboxylic acids is 3. The third-order valence-corrected chi connectivity index (χ3v) is 11.8. The Morgan fingerprint density at radius 3 is 1.47 bits per heavy atom. The Kier molecular flexibility index (Phi) is 10.5. The molecule has 4 fully saturated rings. The Morgan fingerprint density at radius 1 is 0.655 bits per heavy atom. The van der Waals surface area contributed by atoms with Gasteiger partial charge in [-0.15, -0.1) is 0 Å². The van der Waals surface area contributed by atoms with Crippen LogP contribution in [0.2, 0.25) is 0 Å². The summed E-state index contributed by atoms with van der Waals surface area (Å²) in [6.07, 6.45) is 0.601. The summed E-state index contributed by atoms with van der Waals surface area (Å²) < 4.78 is 3.32. The zero-order chi connectivity index (χ0) is 41.0. The van der Waals surface area contributed by atoms with Gasteiger partial charge in [0.05, 0.1) is 36.8 Å². The topological polar surface area (TPSA) is 326 Å². The highest BCUT2D eigenvalue weighted by Crippen LogP contribution is 2.36. The van der Waals surface area contributed by atoms with E-state index >= 15 is 0 Å². The van der Waals surface area contributed by atoms with Gasteiger partial charge in [-0.2, -0.15) is 19.9 Å². The first-order valence-electron chi connectivity index (χ1n) is 19.7. The van der Waals surface area contributed by atoms with Crippen molar-refractivity contribution in [2.24, 2.45) is 0 Å². The number of rotatable bonds is 10. The predicted molar refractivity (Wildman–Crippen MR) is 208 cm³/mol. The van der Waals surface area contributed by atoms with Crippen LogP contribution in [0.15, 0.2) is 12.7 Å². The van der Waals surface area contributed by atoms with E-state index in [9.17, 15) is 34.8 Å². The zero-order valence-corrected chi connectivity index (χ0v) is 32.1. The summed E-state index contributed by atoms with van der Waals surface area (Å²) in [4.78, 5) is 68.3. The number of nitrogen functional groups attached to an aromatic ring is 2. The van der Waals surface area contributed by atoms with Crippen molar-refractivity contribution in [3.8, 4) is 0 Å². The maximum Gasteiger partial charge on any atom is 0.315 e. The van der Waals surface area contributed by atoms with Crippen molar-refractivity contribution in [1.29, 1.82) is 0 Å². The molecule has 0 spiro atoms. The van der Waals surface area contributed by atoms with Gasteiger partial charge in [0.1, 0.15) is 35.4 Å². The zero-order valence-electron chi connectivity index (χ0n) is 32.1. The number of nitrogens with one attached hydrogen (secondary N) is 4. The molecule has 4 aliphatic rings. The number of fused-ring (bicyclic) bond motifs is 2.